The molecule has 1 atom stereocenters. The fraction of sp³-hybridized carbons (Fsp3) is 0.440. The second-order valence-corrected chi connectivity index (χ2v) is 11.4. The third-order valence-electron chi connectivity index (χ3n) is 5.49. The molecule has 1 N–H and O–H groups in total. The monoisotopic (exact) mass is 573 g/mol. The van der Waals surface area contributed by atoms with Crippen molar-refractivity contribution in [3.8, 4) is 11.5 Å². The van der Waals surface area contributed by atoms with E-state index in [1.165, 1.54) is 25.2 Å². The van der Waals surface area contributed by atoms with E-state index in [9.17, 15) is 18.0 Å². The van der Waals surface area contributed by atoms with Crippen LogP contribution in [0.5, 0.6) is 11.5 Å². The summed E-state index contributed by atoms with van der Waals surface area (Å²) in [5.41, 5.74) is 0.760. The van der Waals surface area contributed by atoms with Gasteiger partial charge < -0.3 is 19.7 Å². The Labute approximate surface area is 228 Å². The van der Waals surface area contributed by atoms with Crippen LogP contribution < -0.4 is 19.1 Å². The number of hydrogen-bond acceptors (Lipinski definition) is 6. The van der Waals surface area contributed by atoms with E-state index in [1.54, 1.807) is 37.3 Å². The highest BCUT2D eigenvalue weighted by Crippen LogP contribution is 2.34. The normalized spacial score (nSPS) is 12.1. The number of rotatable bonds is 12. The Morgan fingerprint density at radius 1 is 1.03 bits per heavy atom. The molecule has 0 fully saturated rings. The summed E-state index contributed by atoms with van der Waals surface area (Å²) in [5.74, 6) is -0.324. The molecular weight excluding hydrogens is 541 g/mol. The van der Waals surface area contributed by atoms with E-state index in [-0.39, 0.29) is 29.9 Å². The van der Waals surface area contributed by atoms with Gasteiger partial charge in [0, 0.05) is 18.7 Å². The largest absolute Gasteiger partial charge is 0.497 e. The van der Waals surface area contributed by atoms with Crippen LogP contribution in [0.1, 0.15) is 32.8 Å². The lowest BCUT2D eigenvalue weighted by molar-refractivity contribution is -0.140. The van der Waals surface area contributed by atoms with E-state index >= 15 is 0 Å². The molecule has 2 aromatic rings. The van der Waals surface area contributed by atoms with Gasteiger partial charge in [-0.3, -0.25) is 13.9 Å². The Hall–Kier alpha value is -2.69. The summed E-state index contributed by atoms with van der Waals surface area (Å²) >= 11 is 12.2. The lowest BCUT2D eigenvalue weighted by Gasteiger charge is -2.33. The smallest absolute Gasteiger partial charge is 0.244 e. The van der Waals surface area contributed by atoms with Crippen molar-refractivity contribution in [2.45, 2.75) is 45.8 Å². The van der Waals surface area contributed by atoms with E-state index in [0.29, 0.717) is 27.8 Å². The van der Waals surface area contributed by atoms with Crippen LogP contribution >= 0.6 is 23.2 Å². The molecule has 37 heavy (non-hydrogen) atoms. The van der Waals surface area contributed by atoms with Gasteiger partial charge in [-0.15, -0.1) is 0 Å². The van der Waals surface area contributed by atoms with Gasteiger partial charge in [0.15, 0.2) is 0 Å². The van der Waals surface area contributed by atoms with Crippen LogP contribution in [0.15, 0.2) is 36.4 Å². The van der Waals surface area contributed by atoms with Crippen molar-refractivity contribution in [3.63, 3.8) is 0 Å². The Bertz CT molecular complexity index is 1220. The van der Waals surface area contributed by atoms with Gasteiger partial charge in [0.05, 0.1) is 36.2 Å². The highest BCUT2D eigenvalue weighted by Gasteiger charge is 2.33. The summed E-state index contributed by atoms with van der Waals surface area (Å²) in [4.78, 5) is 28.2. The average molecular weight is 575 g/mol. The SMILES string of the molecule is CCC(C(=O)NC(C)C)N(Cc1ccc(Cl)c(Cl)c1)C(=O)CN(c1cc(OC)ccc1OC)S(C)(=O)=O. The second kappa shape index (κ2) is 13.2. The van der Waals surface area contributed by atoms with E-state index in [1.807, 2.05) is 13.8 Å². The maximum atomic E-state index is 13.8. The molecule has 2 rings (SSSR count). The number of carbonyl (C=O) groups is 2. The minimum Gasteiger partial charge on any atom is -0.497 e. The molecule has 0 spiro atoms. The number of nitrogens with one attached hydrogen (secondary N) is 1. The number of sulfonamides is 1. The Morgan fingerprint density at radius 3 is 2.22 bits per heavy atom. The number of methoxy groups -OCH3 is 2. The lowest BCUT2D eigenvalue weighted by Crippen LogP contribution is -2.53. The van der Waals surface area contributed by atoms with E-state index in [2.05, 4.69) is 5.32 Å². The quantitative estimate of drug-likeness (QED) is 0.409. The lowest BCUT2D eigenvalue weighted by atomic mass is 10.1. The summed E-state index contributed by atoms with van der Waals surface area (Å²) in [6.07, 6.45) is 1.29. The van der Waals surface area contributed by atoms with Gasteiger partial charge in [-0.1, -0.05) is 36.2 Å². The topological polar surface area (TPSA) is 105 Å². The van der Waals surface area contributed by atoms with Gasteiger partial charge in [0.1, 0.15) is 24.1 Å². The van der Waals surface area contributed by atoms with Crippen LogP contribution in [0.4, 0.5) is 5.69 Å². The van der Waals surface area contributed by atoms with Crippen LogP contribution in [0.25, 0.3) is 0 Å². The zero-order valence-corrected chi connectivity index (χ0v) is 24.1. The zero-order chi connectivity index (χ0) is 27.9. The maximum absolute atomic E-state index is 13.8. The molecule has 0 saturated carbocycles. The Balaban J connectivity index is 2.55. The molecule has 0 aromatic heterocycles. The molecule has 2 amide bonds. The van der Waals surface area contributed by atoms with Crippen LogP contribution in [-0.2, 0) is 26.2 Å². The molecule has 204 valence electrons. The molecular formula is C25H33Cl2N3O6S. The molecule has 0 radical (unpaired) electrons. The third-order valence-corrected chi connectivity index (χ3v) is 7.35. The molecule has 0 aliphatic carbocycles. The van der Waals surface area contributed by atoms with Gasteiger partial charge in [0.25, 0.3) is 0 Å². The van der Waals surface area contributed by atoms with Crippen molar-refractivity contribution in [2.24, 2.45) is 0 Å². The van der Waals surface area contributed by atoms with Crippen LogP contribution in [-0.4, -0.2) is 64.2 Å². The van der Waals surface area contributed by atoms with Crippen molar-refractivity contribution in [3.05, 3.63) is 52.0 Å². The van der Waals surface area contributed by atoms with Gasteiger partial charge in [-0.05, 0) is 50.1 Å². The van der Waals surface area contributed by atoms with Crippen LogP contribution in [0.3, 0.4) is 0 Å². The zero-order valence-electron chi connectivity index (χ0n) is 21.7. The summed E-state index contributed by atoms with van der Waals surface area (Å²) in [6, 6.07) is 8.52. The highest BCUT2D eigenvalue weighted by molar-refractivity contribution is 7.92. The number of hydrogen-bond donors (Lipinski definition) is 1. The molecule has 0 bridgehead atoms. The first-order valence-electron chi connectivity index (χ1n) is 11.6. The molecule has 0 saturated heterocycles. The first-order chi connectivity index (χ1) is 17.3. The van der Waals surface area contributed by atoms with Crippen molar-refractivity contribution in [1.82, 2.24) is 10.2 Å². The Kier molecular flexibility index (Phi) is 10.9. The standard InChI is InChI=1S/C25H33Cl2N3O6S/c1-7-21(25(32)28-16(2)3)29(14-17-8-10-19(26)20(27)12-17)24(31)15-30(37(6,33)34)22-13-18(35-4)9-11-23(22)36-5/h8-13,16,21H,7,14-15H2,1-6H3,(H,28,32). The maximum Gasteiger partial charge on any atom is 0.244 e. The molecule has 2 aromatic carbocycles. The highest BCUT2D eigenvalue weighted by atomic mass is 35.5. The number of benzene rings is 2. The molecule has 0 heterocycles. The molecule has 0 aliphatic heterocycles. The summed E-state index contributed by atoms with van der Waals surface area (Å²) in [7, 11) is -1.11. The van der Waals surface area contributed by atoms with E-state index in [0.717, 1.165) is 10.6 Å². The summed E-state index contributed by atoms with van der Waals surface area (Å²) in [6.45, 7) is 4.84. The molecule has 12 heteroatoms. The van der Waals surface area contributed by atoms with Gasteiger partial charge in [-0.2, -0.15) is 0 Å². The number of nitrogens with zero attached hydrogens (tertiary/aromatic N) is 2. The van der Waals surface area contributed by atoms with Gasteiger partial charge >= 0.3 is 0 Å². The predicted molar refractivity (Wildman–Crippen MR) is 146 cm³/mol. The van der Waals surface area contributed by atoms with E-state index in [4.69, 9.17) is 32.7 Å². The Morgan fingerprint density at radius 2 is 1.70 bits per heavy atom. The fourth-order valence-corrected chi connectivity index (χ4v) is 4.89. The molecule has 1 unspecified atom stereocenters. The van der Waals surface area contributed by atoms with Crippen molar-refractivity contribution in [2.75, 3.05) is 31.3 Å². The van der Waals surface area contributed by atoms with Crippen LogP contribution in [0.2, 0.25) is 10.0 Å². The van der Waals surface area contributed by atoms with Gasteiger partial charge in [0.2, 0.25) is 21.8 Å². The minimum atomic E-state index is -3.95. The third kappa shape index (κ3) is 8.15. The van der Waals surface area contributed by atoms with E-state index < -0.39 is 28.5 Å². The van der Waals surface area contributed by atoms with Crippen molar-refractivity contribution in [1.29, 1.82) is 0 Å². The average Bonchev–Trinajstić information content (AvgIpc) is 2.82. The van der Waals surface area contributed by atoms with Crippen molar-refractivity contribution < 1.29 is 27.5 Å². The molecule has 0 aliphatic rings. The molecule has 9 nitrogen and oxygen atoms in total. The van der Waals surface area contributed by atoms with Crippen molar-refractivity contribution >= 4 is 50.7 Å². The van der Waals surface area contributed by atoms with Gasteiger partial charge in [-0.25, -0.2) is 8.42 Å². The minimum absolute atomic E-state index is 0.00654. The summed E-state index contributed by atoms with van der Waals surface area (Å²) in [5, 5.41) is 3.48. The number of anilines is 1. The predicted octanol–water partition coefficient (Wildman–Crippen LogP) is 4.11. The fourth-order valence-electron chi connectivity index (χ4n) is 3.72. The summed E-state index contributed by atoms with van der Waals surface area (Å²) < 4.78 is 37.3. The number of halogens is 2. The van der Waals surface area contributed by atoms with Crippen LogP contribution in [0, 0.1) is 0 Å². The first kappa shape index (κ1) is 30.5. The first-order valence-corrected chi connectivity index (χ1v) is 14.2. The second-order valence-electron chi connectivity index (χ2n) is 8.66. The number of ether oxygens (including phenoxy) is 2. The number of carbonyl (C=O) groups excluding carboxylic acids is 2. The number of amides is 2.